The van der Waals surface area contributed by atoms with Crippen LogP contribution in [0.3, 0.4) is 0 Å². The van der Waals surface area contributed by atoms with E-state index in [0.29, 0.717) is 5.69 Å². The summed E-state index contributed by atoms with van der Waals surface area (Å²) in [6.07, 6.45) is 5.98. The minimum atomic E-state index is -0.933. The van der Waals surface area contributed by atoms with Gasteiger partial charge in [-0.05, 0) is 50.2 Å². The van der Waals surface area contributed by atoms with E-state index in [1.165, 1.54) is 5.39 Å². The maximum absolute atomic E-state index is 11.3. The molecule has 1 amide bonds. The average Bonchev–Trinajstić information content (AvgIpc) is 3.39. The van der Waals surface area contributed by atoms with Crippen molar-refractivity contribution in [3.05, 3.63) is 41.9 Å². The summed E-state index contributed by atoms with van der Waals surface area (Å²) in [6.45, 7) is 3.37. The summed E-state index contributed by atoms with van der Waals surface area (Å²) in [7, 11) is 2.04. The standard InChI is InChI=1S/C25H31N5O3S/c1-16-23(34-19-6-3-5-17-8-12-29(2)21(17)19)27-18(15-31)22(26-16)30-13-10-25(11-14-30)9-4-7-20(25)28-24(32)33/h3,5-6,8,12,20,28,31H,4,7,9-11,13-15H2,1-2H3,(H,32,33). The first kappa shape index (κ1) is 23.0. The first-order chi connectivity index (χ1) is 16.4. The molecule has 180 valence electrons. The largest absolute Gasteiger partial charge is 0.465 e. The molecule has 1 spiro atoms. The molecule has 5 rings (SSSR count). The fraction of sp³-hybridized carbons (Fsp3) is 0.480. The van der Waals surface area contributed by atoms with Crippen molar-refractivity contribution < 1.29 is 15.0 Å². The molecule has 1 atom stereocenters. The van der Waals surface area contributed by atoms with Gasteiger partial charge >= 0.3 is 6.09 Å². The van der Waals surface area contributed by atoms with E-state index in [0.717, 1.165) is 72.1 Å². The zero-order chi connectivity index (χ0) is 23.9. The molecule has 2 fully saturated rings. The molecule has 1 aliphatic heterocycles. The van der Waals surface area contributed by atoms with E-state index in [-0.39, 0.29) is 18.1 Å². The smallest absolute Gasteiger partial charge is 0.404 e. The molecule has 1 aromatic carbocycles. The van der Waals surface area contributed by atoms with E-state index in [1.54, 1.807) is 11.8 Å². The molecule has 8 nitrogen and oxygen atoms in total. The molecular weight excluding hydrogens is 450 g/mol. The van der Waals surface area contributed by atoms with Crippen molar-refractivity contribution in [3.8, 4) is 0 Å². The summed E-state index contributed by atoms with van der Waals surface area (Å²) in [4.78, 5) is 24.3. The molecular formula is C25H31N5O3S. The lowest BCUT2D eigenvalue weighted by Crippen LogP contribution is -2.50. The molecule has 3 N–H and O–H groups in total. The maximum atomic E-state index is 11.3. The molecule has 0 radical (unpaired) electrons. The highest BCUT2D eigenvalue weighted by molar-refractivity contribution is 7.99. The third-order valence-corrected chi connectivity index (χ3v) is 8.69. The number of para-hydroxylation sites is 1. The van der Waals surface area contributed by atoms with Crippen LogP contribution in [0.5, 0.6) is 0 Å². The molecule has 1 saturated carbocycles. The van der Waals surface area contributed by atoms with Crippen LogP contribution in [0.25, 0.3) is 10.9 Å². The fourth-order valence-corrected chi connectivity index (χ4v) is 6.82. The van der Waals surface area contributed by atoms with Gasteiger partial charge in [0.25, 0.3) is 0 Å². The normalized spacial score (nSPS) is 19.7. The van der Waals surface area contributed by atoms with Gasteiger partial charge in [0, 0.05) is 42.7 Å². The molecule has 3 heterocycles. The molecule has 2 aromatic heterocycles. The molecule has 2 aliphatic rings. The number of hydrogen-bond donors (Lipinski definition) is 3. The highest BCUT2D eigenvalue weighted by Crippen LogP contribution is 2.47. The van der Waals surface area contributed by atoms with Gasteiger partial charge in [0.15, 0.2) is 5.82 Å². The number of hydrogen-bond acceptors (Lipinski definition) is 6. The first-order valence-corrected chi connectivity index (χ1v) is 12.7. The summed E-state index contributed by atoms with van der Waals surface area (Å²) in [5, 5.41) is 24.1. The second kappa shape index (κ2) is 9.11. The van der Waals surface area contributed by atoms with Crippen molar-refractivity contribution in [1.29, 1.82) is 0 Å². The third kappa shape index (κ3) is 4.11. The summed E-state index contributed by atoms with van der Waals surface area (Å²) >= 11 is 1.58. The Labute approximate surface area is 203 Å². The van der Waals surface area contributed by atoms with Crippen molar-refractivity contribution in [2.75, 3.05) is 18.0 Å². The molecule has 9 heteroatoms. The number of fused-ring (bicyclic) bond motifs is 1. The minimum Gasteiger partial charge on any atom is -0.465 e. The number of aromatic nitrogens is 3. The maximum Gasteiger partial charge on any atom is 0.404 e. The number of aryl methyl sites for hydroxylation is 2. The number of aliphatic hydroxyl groups excluding tert-OH is 1. The van der Waals surface area contributed by atoms with Crippen LogP contribution in [0.4, 0.5) is 10.6 Å². The number of benzene rings is 1. The van der Waals surface area contributed by atoms with E-state index < -0.39 is 6.09 Å². The quantitative estimate of drug-likeness (QED) is 0.498. The van der Waals surface area contributed by atoms with Gasteiger partial charge in [-0.2, -0.15) is 0 Å². The van der Waals surface area contributed by atoms with Crippen molar-refractivity contribution in [2.24, 2.45) is 12.5 Å². The van der Waals surface area contributed by atoms with Crippen molar-refractivity contribution >= 4 is 34.6 Å². The average molecular weight is 482 g/mol. The SMILES string of the molecule is Cc1nc(N2CCC3(CCCC3NC(=O)O)CC2)c(CO)nc1Sc1cccc2ccn(C)c12. The second-order valence-corrected chi connectivity index (χ2v) is 10.5. The lowest BCUT2D eigenvalue weighted by Gasteiger charge is -2.43. The Hall–Kier alpha value is -2.78. The van der Waals surface area contributed by atoms with E-state index in [1.807, 2.05) is 20.0 Å². The van der Waals surface area contributed by atoms with Gasteiger partial charge in [0.1, 0.15) is 10.7 Å². The number of rotatable bonds is 5. The summed E-state index contributed by atoms with van der Waals surface area (Å²) in [5.74, 6) is 0.747. The van der Waals surface area contributed by atoms with Crippen LogP contribution in [-0.4, -0.2) is 50.0 Å². The zero-order valence-electron chi connectivity index (χ0n) is 19.6. The Bertz CT molecular complexity index is 1220. The highest BCUT2D eigenvalue weighted by atomic mass is 32.2. The first-order valence-electron chi connectivity index (χ1n) is 11.8. The van der Waals surface area contributed by atoms with Crippen molar-refractivity contribution in [2.45, 2.75) is 61.6 Å². The number of nitrogens with one attached hydrogen (secondary N) is 1. The van der Waals surface area contributed by atoms with Crippen LogP contribution < -0.4 is 10.2 Å². The fourth-order valence-electron chi connectivity index (χ4n) is 5.76. The zero-order valence-corrected chi connectivity index (χ0v) is 20.4. The predicted molar refractivity (Wildman–Crippen MR) is 132 cm³/mol. The van der Waals surface area contributed by atoms with E-state index in [9.17, 15) is 15.0 Å². The van der Waals surface area contributed by atoms with Gasteiger partial charge in [-0.3, -0.25) is 0 Å². The lowest BCUT2D eigenvalue weighted by molar-refractivity contribution is 0.149. The Morgan fingerprint density at radius 3 is 2.76 bits per heavy atom. The minimum absolute atomic E-state index is 0.0243. The Morgan fingerprint density at radius 2 is 2.03 bits per heavy atom. The van der Waals surface area contributed by atoms with E-state index in [2.05, 4.69) is 39.2 Å². The van der Waals surface area contributed by atoms with Crippen LogP contribution in [0.1, 0.15) is 43.5 Å². The Balaban J connectivity index is 1.37. The number of nitrogens with zero attached hydrogens (tertiary/aromatic N) is 4. The van der Waals surface area contributed by atoms with Crippen LogP contribution in [0, 0.1) is 12.3 Å². The third-order valence-electron chi connectivity index (χ3n) is 7.56. The number of piperidine rings is 1. The monoisotopic (exact) mass is 481 g/mol. The Kier molecular flexibility index (Phi) is 6.16. The highest BCUT2D eigenvalue weighted by Gasteiger charge is 2.45. The molecule has 3 aromatic rings. The van der Waals surface area contributed by atoms with Crippen molar-refractivity contribution in [3.63, 3.8) is 0 Å². The van der Waals surface area contributed by atoms with Crippen LogP contribution in [-0.2, 0) is 13.7 Å². The number of aliphatic hydroxyl groups is 1. The molecule has 1 unspecified atom stereocenters. The van der Waals surface area contributed by atoms with Gasteiger partial charge in [-0.1, -0.05) is 30.3 Å². The topological polar surface area (TPSA) is 104 Å². The van der Waals surface area contributed by atoms with E-state index in [4.69, 9.17) is 9.97 Å². The van der Waals surface area contributed by atoms with Gasteiger partial charge in [0.2, 0.25) is 0 Å². The number of carboxylic acid groups (broad SMARTS) is 1. The van der Waals surface area contributed by atoms with E-state index >= 15 is 0 Å². The lowest BCUT2D eigenvalue weighted by atomic mass is 9.74. The predicted octanol–water partition coefficient (Wildman–Crippen LogP) is 4.33. The molecule has 1 saturated heterocycles. The number of anilines is 1. The summed E-state index contributed by atoms with van der Waals surface area (Å²) in [5.41, 5.74) is 2.62. The molecule has 34 heavy (non-hydrogen) atoms. The van der Waals surface area contributed by atoms with Crippen LogP contribution >= 0.6 is 11.8 Å². The molecule has 1 aliphatic carbocycles. The molecule has 0 bridgehead atoms. The summed E-state index contributed by atoms with van der Waals surface area (Å²) in [6, 6.07) is 8.37. The second-order valence-electron chi connectivity index (χ2n) is 9.51. The van der Waals surface area contributed by atoms with Gasteiger partial charge in [-0.25, -0.2) is 14.8 Å². The van der Waals surface area contributed by atoms with Gasteiger partial charge in [-0.15, -0.1) is 0 Å². The Morgan fingerprint density at radius 1 is 1.24 bits per heavy atom. The van der Waals surface area contributed by atoms with Gasteiger partial charge < -0.3 is 25.0 Å². The van der Waals surface area contributed by atoms with Crippen LogP contribution in [0.2, 0.25) is 0 Å². The number of amides is 1. The van der Waals surface area contributed by atoms with Crippen molar-refractivity contribution in [1.82, 2.24) is 19.9 Å². The van der Waals surface area contributed by atoms with Crippen LogP contribution in [0.15, 0.2) is 40.4 Å². The number of carbonyl (C=O) groups is 1. The summed E-state index contributed by atoms with van der Waals surface area (Å²) < 4.78 is 2.11. The van der Waals surface area contributed by atoms with Gasteiger partial charge in [0.05, 0.1) is 17.8 Å².